The fourth-order valence-electron chi connectivity index (χ4n) is 1.18. The molecule has 0 saturated carbocycles. The van der Waals surface area contributed by atoms with Crippen LogP contribution in [0.5, 0.6) is 0 Å². The highest BCUT2D eigenvalue weighted by molar-refractivity contribution is 9.10. The van der Waals surface area contributed by atoms with Crippen LogP contribution in [0.1, 0.15) is 16.8 Å². The first-order valence-corrected chi connectivity index (χ1v) is 7.12. The summed E-state index contributed by atoms with van der Waals surface area (Å²) in [4.78, 5) is 10.8. The third kappa shape index (κ3) is 3.57. The van der Waals surface area contributed by atoms with Crippen LogP contribution in [0.3, 0.4) is 0 Å². The molecule has 1 aromatic rings. The van der Waals surface area contributed by atoms with E-state index in [1.54, 1.807) is 0 Å². The molecule has 0 aromatic heterocycles. The van der Waals surface area contributed by atoms with Crippen LogP contribution in [-0.4, -0.2) is 26.0 Å². The standard InChI is InChI=1S/C11H10BrNO4S/c1-2-3-6-13-18(16,17)8-4-5-10(12)9(7-8)11(14)15/h1,4-5,7,13H,3,6H2,(H,14,15). The van der Waals surface area contributed by atoms with Gasteiger partial charge in [0.25, 0.3) is 0 Å². The average molecular weight is 332 g/mol. The molecular weight excluding hydrogens is 322 g/mol. The molecule has 7 heteroatoms. The van der Waals surface area contributed by atoms with Crippen molar-refractivity contribution in [3.05, 3.63) is 28.2 Å². The molecule has 0 heterocycles. The first-order chi connectivity index (χ1) is 8.38. The highest BCUT2D eigenvalue weighted by atomic mass is 79.9. The van der Waals surface area contributed by atoms with Gasteiger partial charge in [0.15, 0.2) is 0 Å². The molecule has 0 aliphatic heterocycles. The lowest BCUT2D eigenvalue weighted by Crippen LogP contribution is -2.24. The minimum absolute atomic E-state index is 0.108. The lowest BCUT2D eigenvalue weighted by molar-refractivity contribution is 0.0695. The number of rotatable bonds is 5. The fraction of sp³-hybridized carbons (Fsp3) is 0.182. The van der Waals surface area contributed by atoms with Crippen molar-refractivity contribution in [1.29, 1.82) is 0 Å². The summed E-state index contributed by atoms with van der Waals surface area (Å²) in [6.45, 7) is 0.108. The van der Waals surface area contributed by atoms with Gasteiger partial charge < -0.3 is 5.11 Å². The maximum Gasteiger partial charge on any atom is 0.336 e. The number of hydrogen-bond donors (Lipinski definition) is 2. The smallest absolute Gasteiger partial charge is 0.336 e. The number of hydrogen-bond acceptors (Lipinski definition) is 3. The predicted molar refractivity (Wildman–Crippen MR) is 69.7 cm³/mol. The third-order valence-electron chi connectivity index (χ3n) is 2.04. The molecular formula is C11H10BrNO4S. The molecule has 0 aliphatic carbocycles. The van der Waals surface area contributed by atoms with Crippen molar-refractivity contribution in [3.63, 3.8) is 0 Å². The Kier molecular flexibility index (Phi) is 4.90. The van der Waals surface area contributed by atoms with Crippen LogP contribution < -0.4 is 4.72 Å². The molecule has 1 rings (SSSR count). The maximum atomic E-state index is 11.8. The van der Waals surface area contributed by atoms with Crippen LogP contribution in [0.25, 0.3) is 0 Å². The second-order valence-electron chi connectivity index (χ2n) is 3.30. The van der Waals surface area contributed by atoms with Gasteiger partial charge in [0.1, 0.15) is 0 Å². The largest absolute Gasteiger partial charge is 0.478 e. The zero-order valence-corrected chi connectivity index (χ0v) is 11.6. The number of halogens is 1. The molecule has 5 nitrogen and oxygen atoms in total. The Hall–Kier alpha value is -1.36. The highest BCUT2D eigenvalue weighted by Crippen LogP contribution is 2.20. The molecule has 0 bridgehead atoms. The Balaban J connectivity index is 3.07. The Morgan fingerprint density at radius 2 is 2.17 bits per heavy atom. The Morgan fingerprint density at radius 3 is 2.72 bits per heavy atom. The van der Waals surface area contributed by atoms with Gasteiger partial charge in [0.05, 0.1) is 10.5 Å². The number of carbonyl (C=O) groups is 1. The monoisotopic (exact) mass is 331 g/mol. The zero-order valence-electron chi connectivity index (χ0n) is 9.18. The topological polar surface area (TPSA) is 83.5 Å². The molecule has 18 heavy (non-hydrogen) atoms. The van der Waals surface area contributed by atoms with Gasteiger partial charge in [0, 0.05) is 17.4 Å². The molecule has 0 radical (unpaired) electrons. The van der Waals surface area contributed by atoms with Gasteiger partial charge in [-0.1, -0.05) is 0 Å². The SMILES string of the molecule is C#CCCNS(=O)(=O)c1ccc(Br)c(C(=O)O)c1. The molecule has 0 atom stereocenters. The lowest BCUT2D eigenvalue weighted by atomic mass is 10.2. The van der Waals surface area contributed by atoms with Gasteiger partial charge in [-0.3, -0.25) is 0 Å². The summed E-state index contributed by atoms with van der Waals surface area (Å²) in [6, 6.07) is 3.78. The van der Waals surface area contributed by atoms with E-state index in [2.05, 4.69) is 26.6 Å². The van der Waals surface area contributed by atoms with Crippen molar-refractivity contribution in [2.75, 3.05) is 6.54 Å². The van der Waals surface area contributed by atoms with Gasteiger partial charge in [-0.15, -0.1) is 12.3 Å². The molecule has 0 fully saturated rings. The number of carboxylic acids is 1. The molecule has 0 saturated heterocycles. The Bertz CT molecular complexity index is 604. The molecule has 0 aliphatic rings. The van der Waals surface area contributed by atoms with Crippen molar-refractivity contribution >= 4 is 31.9 Å². The zero-order chi connectivity index (χ0) is 13.8. The summed E-state index contributed by atoms with van der Waals surface area (Å²) in [5, 5.41) is 8.90. The van der Waals surface area contributed by atoms with E-state index >= 15 is 0 Å². The first-order valence-electron chi connectivity index (χ1n) is 4.84. The van der Waals surface area contributed by atoms with Crippen molar-refractivity contribution in [3.8, 4) is 12.3 Å². The predicted octanol–water partition coefficient (Wildman–Crippen LogP) is 1.45. The van der Waals surface area contributed by atoms with E-state index in [-0.39, 0.29) is 23.4 Å². The number of nitrogens with one attached hydrogen (secondary N) is 1. The van der Waals surface area contributed by atoms with E-state index in [9.17, 15) is 13.2 Å². The number of carboxylic acid groups (broad SMARTS) is 1. The van der Waals surface area contributed by atoms with Crippen LogP contribution >= 0.6 is 15.9 Å². The minimum Gasteiger partial charge on any atom is -0.478 e. The van der Waals surface area contributed by atoms with E-state index in [0.717, 1.165) is 6.07 Å². The van der Waals surface area contributed by atoms with Gasteiger partial charge in [-0.25, -0.2) is 17.9 Å². The van der Waals surface area contributed by atoms with Gasteiger partial charge in [0.2, 0.25) is 10.0 Å². The first kappa shape index (κ1) is 14.7. The number of sulfonamides is 1. The van der Waals surface area contributed by atoms with E-state index < -0.39 is 16.0 Å². The fourth-order valence-corrected chi connectivity index (χ4v) is 2.65. The summed E-state index contributed by atoms with van der Waals surface area (Å²) in [5.41, 5.74) is -0.116. The molecule has 1 aromatic carbocycles. The van der Waals surface area contributed by atoms with Crippen molar-refractivity contribution < 1.29 is 18.3 Å². The van der Waals surface area contributed by atoms with Crippen molar-refractivity contribution in [2.24, 2.45) is 0 Å². The second kappa shape index (κ2) is 6.00. The van der Waals surface area contributed by atoms with Gasteiger partial charge in [-0.2, -0.15) is 0 Å². The molecule has 96 valence electrons. The average Bonchev–Trinajstić information content (AvgIpc) is 2.29. The summed E-state index contributed by atoms with van der Waals surface area (Å²) in [7, 11) is -3.74. The maximum absolute atomic E-state index is 11.8. The second-order valence-corrected chi connectivity index (χ2v) is 5.92. The van der Waals surface area contributed by atoms with Crippen LogP contribution in [0.4, 0.5) is 0 Å². The van der Waals surface area contributed by atoms with Crippen molar-refractivity contribution in [2.45, 2.75) is 11.3 Å². The summed E-state index contributed by atoms with van der Waals surface area (Å²) in [6.07, 6.45) is 5.28. The lowest BCUT2D eigenvalue weighted by Gasteiger charge is -2.07. The van der Waals surface area contributed by atoms with E-state index in [1.165, 1.54) is 12.1 Å². The van der Waals surface area contributed by atoms with E-state index in [4.69, 9.17) is 11.5 Å². The van der Waals surface area contributed by atoms with Crippen LogP contribution in [0.15, 0.2) is 27.6 Å². The third-order valence-corrected chi connectivity index (χ3v) is 4.19. The number of benzene rings is 1. The Labute approximate surface area is 113 Å². The summed E-state index contributed by atoms with van der Waals surface area (Å²) in [5.74, 6) is 1.10. The van der Waals surface area contributed by atoms with Crippen LogP contribution in [0.2, 0.25) is 0 Å². The molecule has 0 amide bonds. The van der Waals surface area contributed by atoms with E-state index in [1.807, 2.05) is 0 Å². The highest BCUT2D eigenvalue weighted by Gasteiger charge is 2.17. The van der Waals surface area contributed by atoms with E-state index in [0.29, 0.717) is 4.47 Å². The van der Waals surface area contributed by atoms with Gasteiger partial charge in [-0.05, 0) is 34.1 Å². The molecule has 2 N–H and O–H groups in total. The quantitative estimate of drug-likeness (QED) is 0.631. The normalized spacial score (nSPS) is 10.9. The summed E-state index contributed by atoms with van der Waals surface area (Å²) >= 11 is 3.04. The van der Waals surface area contributed by atoms with Crippen LogP contribution in [0, 0.1) is 12.3 Å². The van der Waals surface area contributed by atoms with Gasteiger partial charge >= 0.3 is 5.97 Å². The van der Waals surface area contributed by atoms with Crippen molar-refractivity contribution in [1.82, 2.24) is 4.72 Å². The molecule has 0 unspecified atom stereocenters. The molecule has 0 spiro atoms. The Morgan fingerprint density at radius 1 is 1.50 bits per heavy atom. The number of terminal acetylenes is 1. The summed E-state index contributed by atoms with van der Waals surface area (Å²) < 4.78 is 26.2. The number of aromatic carboxylic acids is 1. The van der Waals surface area contributed by atoms with Crippen LogP contribution in [-0.2, 0) is 10.0 Å². The minimum atomic E-state index is -3.74.